The number of anilines is 1. The van der Waals surface area contributed by atoms with E-state index in [-0.39, 0.29) is 0 Å². The molecule has 0 amide bonds. The third kappa shape index (κ3) is 1.35. The summed E-state index contributed by atoms with van der Waals surface area (Å²) in [6.45, 7) is 4.05. The Kier molecular flexibility index (Phi) is 1.96. The van der Waals surface area contributed by atoms with E-state index in [1.807, 2.05) is 26.0 Å². The first-order valence-electron chi connectivity index (χ1n) is 4.34. The molecule has 1 aromatic carbocycles. The fourth-order valence-corrected chi connectivity index (χ4v) is 1.46. The highest BCUT2D eigenvalue weighted by Crippen LogP contribution is 2.25. The molecule has 0 atom stereocenters. The van der Waals surface area contributed by atoms with Crippen LogP contribution in [-0.2, 0) is 0 Å². The molecule has 4 heteroatoms. The average molecular weight is 189 g/mol. The molecule has 2 aromatic rings. The fourth-order valence-electron chi connectivity index (χ4n) is 1.46. The molecule has 0 spiro atoms. The van der Waals surface area contributed by atoms with Gasteiger partial charge in [0, 0.05) is 5.56 Å². The third-order valence-electron chi connectivity index (χ3n) is 2.15. The monoisotopic (exact) mass is 189 g/mol. The zero-order valence-corrected chi connectivity index (χ0v) is 8.11. The lowest BCUT2D eigenvalue weighted by molar-refractivity contribution is 0.310. The molecule has 0 aliphatic rings. The minimum Gasteiger partial charge on any atom is -0.379 e. The van der Waals surface area contributed by atoms with Crippen molar-refractivity contribution in [3.63, 3.8) is 0 Å². The maximum Gasteiger partial charge on any atom is 0.196 e. The van der Waals surface area contributed by atoms with E-state index in [1.54, 1.807) is 0 Å². The average Bonchev–Trinajstić information content (AvgIpc) is 2.52. The van der Waals surface area contributed by atoms with Gasteiger partial charge in [0.25, 0.3) is 0 Å². The summed E-state index contributed by atoms with van der Waals surface area (Å²) in [6.07, 6.45) is 0. The number of benzene rings is 1. The Morgan fingerprint density at radius 3 is 2.57 bits per heavy atom. The molecule has 0 aliphatic carbocycles. The van der Waals surface area contributed by atoms with Crippen LogP contribution in [0.15, 0.2) is 22.8 Å². The van der Waals surface area contributed by atoms with Crippen LogP contribution in [0.4, 0.5) is 5.82 Å². The number of nitrogen functional groups attached to an aromatic ring is 1. The molecule has 2 rings (SSSR count). The Labute approximate surface area is 81.7 Å². The molecule has 0 unspecified atom stereocenters. The number of aryl methyl sites for hydroxylation is 2. The van der Waals surface area contributed by atoms with Crippen LogP contribution in [0.5, 0.6) is 0 Å². The van der Waals surface area contributed by atoms with Gasteiger partial charge in [-0.05, 0) is 29.7 Å². The summed E-state index contributed by atoms with van der Waals surface area (Å²) in [5.41, 5.74) is 9.52. The first-order chi connectivity index (χ1) is 6.68. The number of aromatic nitrogens is 2. The minimum atomic E-state index is 0.331. The van der Waals surface area contributed by atoms with Crippen LogP contribution in [0.25, 0.3) is 11.3 Å². The number of hydrogen-bond donors (Lipinski definition) is 1. The number of nitrogens with two attached hydrogens (primary N) is 1. The van der Waals surface area contributed by atoms with E-state index in [4.69, 9.17) is 5.73 Å². The van der Waals surface area contributed by atoms with E-state index in [0.717, 1.165) is 11.1 Å². The van der Waals surface area contributed by atoms with E-state index in [1.165, 1.54) is 5.56 Å². The van der Waals surface area contributed by atoms with Crippen molar-refractivity contribution in [1.29, 1.82) is 0 Å². The van der Waals surface area contributed by atoms with Crippen molar-refractivity contribution >= 4 is 5.82 Å². The molecule has 0 saturated heterocycles. The van der Waals surface area contributed by atoms with E-state index in [0.29, 0.717) is 11.5 Å². The van der Waals surface area contributed by atoms with Crippen LogP contribution in [0, 0.1) is 13.8 Å². The maximum atomic E-state index is 5.61. The van der Waals surface area contributed by atoms with Gasteiger partial charge in [-0.15, -0.1) is 0 Å². The van der Waals surface area contributed by atoms with E-state index in [2.05, 4.69) is 21.0 Å². The largest absolute Gasteiger partial charge is 0.379 e. The second-order valence-electron chi connectivity index (χ2n) is 3.32. The third-order valence-corrected chi connectivity index (χ3v) is 2.15. The van der Waals surface area contributed by atoms with Gasteiger partial charge < -0.3 is 5.73 Å². The fraction of sp³-hybridized carbons (Fsp3) is 0.200. The van der Waals surface area contributed by atoms with Crippen LogP contribution < -0.4 is 5.73 Å². The summed E-state index contributed by atoms with van der Waals surface area (Å²) < 4.78 is 4.56. The summed E-state index contributed by atoms with van der Waals surface area (Å²) in [6, 6.07) is 6.06. The first-order valence-corrected chi connectivity index (χ1v) is 4.34. The van der Waals surface area contributed by atoms with Crippen LogP contribution >= 0.6 is 0 Å². The predicted octanol–water partition coefficient (Wildman–Crippen LogP) is 1.94. The molecular weight excluding hydrogens is 178 g/mol. The van der Waals surface area contributed by atoms with Crippen molar-refractivity contribution in [3.8, 4) is 11.3 Å². The summed E-state index contributed by atoms with van der Waals surface area (Å²) in [7, 11) is 0. The highest BCUT2D eigenvalue weighted by atomic mass is 16.6. The van der Waals surface area contributed by atoms with Gasteiger partial charge in [0.05, 0.1) is 0 Å². The van der Waals surface area contributed by atoms with E-state index in [9.17, 15) is 0 Å². The Bertz CT molecular complexity index is 462. The number of hydrogen-bond acceptors (Lipinski definition) is 4. The van der Waals surface area contributed by atoms with Gasteiger partial charge in [-0.2, -0.15) is 0 Å². The Morgan fingerprint density at radius 2 is 2.00 bits per heavy atom. The van der Waals surface area contributed by atoms with E-state index >= 15 is 0 Å². The summed E-state index contributed by atoms with van der Waals surface area (Å²) in [5.74, 6) is 0.331. The molecule has 0 aliphatic heterocycles. The Morgan fingerprint density at radius 1 is 1.21 bits per heavy atom. The highest BCUT2D eigenvalue weighted by Gasteiger charge is 2.10. The number of nitrogens with zero attached hydrogens (tertiary/aromatic N) is 2. The molecule has 4 nitrogen and oxygen atoms in total. The maximum absolute atomic E-state index is 5.61. The van der Waals surface area contributed by atoms with Gasteiger partial charge in [0.2, 0.25) is 0 Å². The van der Waals surface area contributed by atoms with Gasteiger partial charge in [0.1, 0.15) is 0 Å². The van der Waals surface area contributed by atoms with Crippen molar-refractivity contribution in [2.24, 2.45) is 0 Å². The number of rotatable bonds is 1. The van der Waals surface area contributed by atoms with Crippen LogP contribution in [0.3, 0.4) is 0 Å². The second-order valence-corrected chi connectivity index (χ2v) is 3.32. The summed E-state index contributed by atoms with van der Waals surface area (Å²) >= 11 is 0. The SMILES string of the molecule is Cc1ccc(-c2nonc2N)c(C)c1. The van der Waals surface area contributed by atoms with Gasteiger partial charge in [0.15, 0.2) is 11.5 Å². The molecular formula is C10H11N3O. The second kappa shape index (κ2) is 3.14. The lowest BCUT2D eigenvalue weighted by Gasteiger charge is -2.02. The molecule has 0 saturated carbocycles. The topological polar surface area (TPSA) is 64.9 Å². The van der Waals surface area contributed by atoms with Gasteiger partial charge in [-0.25, -0.2) is 4.63 Å². The first kappa shape index (κ1) is 8.74. The zero-order chi connectivity index (χ0) is 10.1. The normalized spacial score (nSPS) is 10.4. The van der Waals surface area contributed by atoms with Crippen molar-refractivity contribution in [2.75, 3.05) is 5.73 Å². The van der Waals surface area contributed by atoms with Gasteiger partial charge >= 0.3 is 0 Å². The predicted molar refractivity (Wildman–Crippen MR) is 53.6 cm³/mol. The van der Waals surface area contributed by atoms with Gasteiger partial charge in [-0.3, -0.25) is 0 Å². The molecule has 0 bridgehead atoms. The molecule has 1 aromatic heterocycles. The van der Waals surface area contributed by atoms with Crippen LogP contribution in [0.1, 0.15) is 11.1 Å². The standard InChI is InChI=1S/C10H11N3O/c1-6-3-4-8(7(2)5-6)9-10(11)13-14-12-9/h3-5H,1-2H3,(H2,11,13). The minimum absolute atomic E-state index is 0.331. The van der Waals surface area contributed by atoms with Gasteiger partial charge in [-0.1, -0.05) is 23.8 Å². The quantitative estimate of drug-likeness (QED) is 0.744. The lowest BCUT2D eigenvalue weighted by Crippen LogP contribution is -1.91. The molecule has 14 heavy (non-hydrogen) atoms. The molecule has 0 fully saturated rings. The molecule has 2 N–H and O–H groups in total. The van der Waals surface area contributed by atoms with Crippen molar-refractivity contribution in [1.82, 2.24) is 10.3 Å². The Hall–Kier alpha value is -1.84. The van der Waals surface area contributed by atoms with E-state index < -0.39 is 0 Å². The molecule has 72 valence electrons. The molecule has 1 heterocycles. The Balaban J connectivity index is 2.58. The van der Waals surface area contributed by atoms with Crippen molar-refractivity contribution in [2.45, 2.75) is 13.8 Å². The van der Waals surface area contributed by atoms with Crippen LogP contribution in [0.2, 0.25) is 0 Å². The highest BCUT2D eigenvalue weighted by molar-refractivity contribution is 5.71. The molecule has 0 radical (unpaired) electrons. The van der Waals surface area contributed by atoms with Crippen molar-refractivity contribution < 1.29 is 4.63 Å². The zero-order valence-electron chi connectivity index (χ0n) is 8.11. The summed E-state index contributed by atoms with van der Waals surface area (Å²) in [5, 5.41) is 7.31. The smallest absolute Gasteiger partial charge is 0.196 e. The lowest BCUT2D eigenvalue weighted by atomic mass is 10.0. The van der Waals surface area contributed by atoms with Crippen LogP contribution in [-0.4, -0.2) is 10.3 Å². The van der Waals surface area contributed by atoms with Crippen molar-refractivity contribution in [3.05, 3.63) is 29.3 Å². The summed E-state index contributed by atoms with van der Waals surface area (Å²) in [4.78, 5) is 0.